The average molecular weight is 118 g/mol. The summed E-state index contributed by atoms with van der Waals surface area (Å²) in [4.78, 5) is 9.94. The molecule has 8 heavy (non-hydrogen) atoms. The molecule has 0 aliphatic heterocycles. The van der Waals surface area contributed by atoms with Crippen LogP contribution >= 0.6 is 0 Å². The quantitative estimate of drug-likeness (QED) is 0.303. The molecule has 0 aliphatic carbocycles. The number of carbonyl (C=O) groups is 1. The van der Waals surface area contributed by atoms with E-state index in [1.54, 1.807) is 0 Å². The SMILES string of the molecule is C=CCN(O)[14C](N)=O. The van der Waals surface area contributed by atoms with Crippen molar-refractivity contribution in [1.82, 2.24) is 5.06 Å². The van der Waals surface area contributed by atoms with Gasteiger partial charge in [-0.1, -0.05) is 6.08 Å². The topological polar surface area (TPSA) is 66.6 Å². The Morgan fingerprint density at radius 2 is 2.50 bits per heavy atom. The molecule has 0 saturated heterocycles. The highest BCUT2D eigenvalue weighted by Crippen LogP contribution is 1.77. The third-order valence-corrected chi connectivity index (χ3v) is 0.556. The molecule has 0 heterocycles. The van der Waals surface area contributed by atoms with E-state index >= 15 is 0 Å². The Labute approximate surface area is 47.2 Å². The summed E-state index contributed by atoms with van der Waals surface area (Å²) in [5.41, 5.74) is 4.61. The lowest BCUT2D eigenvalue weighted by molar-refractivity contribution is -0.0287. The Balaban J connectivity index is 3.46. The molecule has 0 atom stereocenters. The summed E-state index contributed by atoms with van der Waals surface area (Å²) < 4.78 is 0. The number of amides is 2. The van der Waals surface area contributed by atoms with Gasteiger partial charge in [0.05, 0.1) is 6.54 Å². The van der Waals surface area contributed by atoms with Gasteiger partial charge < -0.3 is 5.73 Å². The Morgan fingerprint density at radius 1 is 2.00 bits per heavy atom. The Kier molecular flexibility index (Phi) is 2.64. The van der Waals surface area contributed by atoms with Crippen LogP contribution in [0.1, 0.15) is 0 Å². The fourth-order valence-electron chi connectivity index (χ4n) is 0.212. The van der Waals surface area contributed by atoms with E-state index < -0.39 is 6.03 Å². The molecule has 4 heteroatoms. The fourth-order valence-corrected chi connectivity index (χ4v) is 0.212. The van der Waals surface area contributed by atoms with Gasteiger partial charge in [-0.3, -0.25) is 5.21 Å². The van der Waals surface area contributed by atoms with Crippen LogP contribution in [0.4, 0.5) is 4.79 Å². The van der Waals surface area contributed by atoms with Gasteiger partial charge in [-0.25, -0.2) is 9.86 Å². The van der Waals surface area contributed by atoms with Crippen LogP contribution in [0.25, 0.3) is 0 Å². The number of primary amides is 1. The lowest BCUT2D eigenvalue weighted by Crippen LogP contribution is -2.32. The minimum absolute atomic E-state index is 0.0648. The largest absolute Gasteiger partial charge is 0.350 e. The van der Waals surface area contributed by atoms with E-state index in [4.69, 9.17) is 5.21 Å². The minimum Gasteiger partial charge on any atom is -0.350 e. The van der Waals surface area contributed by atoms with Crippen LogP contribution in [0.15, 0.2) is 12.7 Å². The van der Waals surface area contributed by atoms with Gasteiger partial charge >= 0.3 is 6.03 Å². The number of nitrogens with two attached hydrogens (primary N) is 1. The minimum atomic E-state index is -0.870. The van der Waals surface area contributed by atoms with Gasteiger partial charge in [0, 0.05) is 0 Å². The van der Waals surface area contributed by atoms with E-state index in [1.165, 1.54) is 6.08 Å². The average Bonchev–Trinajstić information content (AvgIpc) is 1.67. The van der Waals surface area contributed by atoms with E-state index in [2.05, 4.69) is 12.3 Å². The number of hydrogen-bond donors (Lipinski definition) is 2. The van der Waals surface area contributed by atoms with Gasteiger partial charge in [0.25, 0.3) is 0 Å². The van der Waals surface area contributed by atoms with Gasteiger partial charge in [-0.15, -0.1) is 6.58 Å². The molecule has 0 spiro atoms. The van der Waals surface area contributed by atoms with Crippen molar-refractivity contribution >= 4 is 6.03 Å². The molecular formula is C4H8N2O2. The number of hydroxylamine groups is 2. The lowest BCUT2D eigenvalue weighted by Gasteiger charge is -2.06. The zero-order valence-electron chi connectivity index (χ0n) is 4.37. The molecule has 0 saturated carbocycles. The second-order valence-electron chi connectivity index (χ2n) is 1.21. The molecule has 0 aromatic carbocycles. The molecule has 3 N–H and O–H groups in total. The number of rotatable bonds is 2. The maximum absolute atomic E-state index is 9.94. The van der Waals surface area contributed by atoms with Crippen LogP contribution in [0, 0.1) is 0 Å². The predicted octanol–water partition coefficient (Wildman–Crippen LogP) is -0.0577. The van der Waals surface area contributed by atoms with Crippen LogP contribution in [-0.4, -0.2) is 22.8 Å². The molecule has 46 valence electrons. The zero-order chi connectivity index (χ0) is 6.57. The fraction of sp³-hybridized carbons (Fsp3) is 0.250. The summed E-state index contributed by atoms with van der Waals surface area (Å²) in [6.07, 6.45) is 1.37. The first kappa shape index (κ1) is 6.97. The van der Waals surface area contributed by atoms with E-state index in [-0.39, 0.29) is 6.54 Å². The monoisotopic (exact) mass is 118 g/mol. The predicted molar refractivity (Wildman–Crippen MR) is 28.3 cm³/mol. The van der Waals surface area contributed by atoms with Crippen LogP contribution in [0.5, 0.6) is 0 Å². The van der Waals surface area contributed by atoms with Gasteiger partial charge in [-0.05, 0) is 0 Å². The Hall–Kier alpha value is -1.03. The second-order valence-corrected chi connectivity index (χ2v) is 1.21. The van der Waals surface area contributed by atoms with E-state index in [0.717, 1.165) is 0 Å². The molecule has 0 bridgehead atoms. The van der Waals surface area contributed by atoms with Crippen molar-refractivity contribution in [3.05, 3.63) is 12.7 Å². The molecule has 0 rings (SSSR count). The van der Waals surface area contributed by atoms with Crippen LogP contribution in [0.2, 0.25) is 0 Å². The third-order valence-electron chi connectivity index (χ3n) is 0.556. The first-order valence-electron chi connectivity index (χ1n) is 2.05. The molecule has 0 aliphatic rings. The van der Waals surface area contributed by atoms with E-state index in [0.29, 0.717) is 5.06 Å². The molecule has 0 unspecified atom stereocenters. The molecular weight excluding hydrogens is 110 g/mol. The van der Waals surface area contributed by atoms with Crippen molar-refractivity contribution in [2.45, 2.75) is 0 Å². The van der Waals surface area contributed by atoms with Crippen molar-refractivity contribution in [2.24, 2.45) is 5.73 Å². The lowest BCUT2D eigenvalue weighted by atomic mass is 10.7. The highest BCUT2D eigenvalue weighted by atomic mass is 16.6. The Bertz CT molecular complexity index is 102. The maximum Gasteiger partial charge on any atom is 0.338 e. The van der Waals surface area contributed by atoms with Crippen molar-refractivity contribution in [2.75, 3.05) is 6.54 Å². The molecule has 2 amide bonds. The zero-order valence-corrected chi connectivity index (χ0v) is 4.37. The van der Waals surface area contributed by atoms with Gasteiger partial charge in [0.2, 0.25) is 0 Å². The van der Waals surface area contributed by atoms with Crippen molar-refractivity contribution in [1.29, 1.82) is 0 Å². The van der Waals surface area contributed by atoms with Crippen molar-refractivity contribution in [3.8, 4) is 0 Å². The van der Waals surface area contributed by atoms with Gasteiger partial charge in [-0.2, -0.15) is 0 Å². The van der Waals surface area contributed by atoms with Crippen molar-refractivity contribution in [3.63, 3.8) is 0 Å². The highest BCUT2D eigenvalue weighted by Gasteiger charge is 1.99. The third kappa shape index (κ3) is 2.20. The standard InChI is InChI=1S/C4H8N2O2/c1-2-3-6(8)4(5)7/h2,8H,1,3H2,(H2,5,7)/i4+2. The second kappa shape index (κ2) is 3.04. The first-order chi connectivity index (χ1) is 3.68. The first-order valence-corrected chi connectivity index (χ1v) is 2.05. The van der Waals surface area contributed by atoms with Gasteiger partial charge in [0.15, 0.2) is 0 Å². The maximum atomic E-state index is 9.94. The van der Waals surface area contributed by atoms with E-state index in [1.807, 2.05) is 0 Å². The van der Waals surface area contributed by atoms with Gasteiger partial charge in [0.1, 0.15) is 0 Å². The summed E-state index contributed by atoms with van der Waals surface area (Å²) in [6.45, 7) is 3.34. The summed E-state index contributed by atoms with van der Waals surface area (Å²) in [6, 6.07) is -0.870. The summed E-state index contributed by atoms with van der Waals surface area (Å²) in [5, 5.41) is 8.78. The molecule has 4 nitrogen and oxygen atoms in total. The normalized spacial score (nSPS) is 8.12. The number of nitrogens with zero attached hydrogens (tertiary/aromatic N) is 1. The summed E-state index contributed by atoms with van der Waals surface area (Å²) in [7, 11) is 0. The van der Waals surface area contributed by atoms with Crippen LogP contribution < -0.4 is 5.73 Å². The van der Waals surface area contributed by atoms with Crippen LogP contribution in [0.3, 0.4) is 0 Å². The van der Waals surface area contributed by atoms with Crippen LogP contribution in [-0.2, 0) is 0 Å². The summed E-state index contributed by atoms with van der Waals surface area (Å²) in [5.74, 6) is 0. The Morgan fingerprint density at radius 3 is 2.62 bits per heavy atom. The number of carbonyl (C=O) groups excluding carboxylic acids is 1. The highest BCUT2D eigenvalue weighted by molar-refractivity contribution is 5.70. The molecule has 0 fully saturated rings. The summed E-state index contributed by atoms with van der Waals surface area (Å²) >= 11 is 0. The molecule has 0 radical (unpaired) electrons. The number of hydrogen-bond acceptors (Lipinski definition) is 2. The molecule has 0 aromatic heterocycles. The van der Waals surface area contributed by atoms with Crippen molar-refractivity contribution < 1.29 is 10.0 Å². The number of urea groups is 1. The smallest absolute Gasteiger partial charge is 0.338 e. The molecule has 0 aromatic rings. The van der Waals surface area contributed by atoms with E-state index in [9.17, 15) is 4.79 Å².